The van der Waals surface area contributed by atoms with Gasteiger partial charge in [-0.05, 0) is 19.8 Å². The summed E-state index contributed by atoms with van der Waals surface area (Å²) in [5.74, 6) is -1.15. The van der Waals surface area contributed by atoms with Gasteiger partial charge in [0.2, 0.25) is 0 Å². The number of hydrogen-bond acceptors (Lipinski definition) is 6. The number of fused-ring (bicyclic) bond motifs is 4. The average molecular weight is 286 g/mol. The van der Waals surface area contributed by atoms with Crippen LogP contribution in [0.4, 0.5) is 0 Å². The molecule has 110 valence electrons. The second-order valence-corrected chi connectivity index (χ2v) is 6.68. The van der Waals surface area contributed by atoms with Gasteiger partial charge in [-0.1, -0.05) is 19.3 Å². The van der Waals surface area contributed by atoms with Crippen molar-refractivity contribution in [1.82, 2.24) is 0 Å². The van der Waals surface area contributed by atoms with E-state index in [1.165, 1.54) is 0 Å². The maximum atomic E-state index is 10.0. The lowest BCUT2D eigenvalue weighted by molar-refractivity contribution is -0.201. The fraction of sp³-hybridized carbons (Fsp3) is 0.800. The number of nitrogens with two attached hydrogens (primary N) is 1. The number of nitriles is 2. The standard InChI is InChI=1S/C15H18N4O2/c1-10-7-20-15(21-10)14(9-17)12(5-3-2-4-6-12)13(14,8-16)11(18)19-15/h10H,2-7H2,1H3,(H2,18,19)/t10-,13-,14+,15+/m0/s1. The SMILES string of the molecule is C[C@H]1CO[C@@]2(N=C(N)[C@@]3(C#N)C4(CCCCC4)[C@@]23C#N)O1. The Kier molecular flexibility index (Phi) is 2.22. The maximum Gasteiger partial charge on any atom is 0.293 e. The minimum absolute atomic E-state index is 0.150. The quantitative estimate of drug-likeness (QED) is 0.725. The molecule has 2 aliphatic carbocycles. The molecule has 2 heterocycles. The number of ether oxygens (including phenoxy) is 2. The van der Waals surface area contributed by atoms with Crippen molar-refractivity contribution in [3.8, 4) is 12.1 Å². The molecule has 0 aromatic carbocycles. The van der Waals surface area contributed by atoms with E-state index in [2.05, 4.69) is 17.1 Å². The molecule has 0 unspecified atom stereocenters. The van der Waals surface area contributed by atoms with Crippen LogP contribution in [0.25, 0.3) is 0 Å². The highest BCUT2D eigenvalue weighted by molar-refractivity contribution is 6.00. The van der Waals surface area contributed by atoms with Gasteiger partial charge < -0.3 is 15.2 Å². The van der Waals surface area contributed by atoms with E-state index in [0.717, 1.165) is 32.1 Å². The molecule has 2 aliphatic heterocycles. The Morgan fingerprint density at radius 2 is 1.95 bits per heavy atom. The predicted molar refractivity (Wildman–Crippen MR) is 72.5 cm³/mol. The largest absolute Gasteiger partial charge is 0.386 e. The topological polar surface area (TPSA) is 104 Å². The first-order chi connectivity index (χ1) is 10.1. The molecule has 4 rings (SSSR count). The summed E-state index contributed by atoms with van der Waals surface area (Å²) in [6.07, 6.45) is 4.62. The Morgan fingerprint density at radius 3 is 2.48 bits per heavy atom. The molecule has 1 saturated heterocycles. The van der Waals surface area contributed by atoms with E-state index < -0.39 is 22.2 Å². The van der Waals surface area contributed by atoms with Crippen molar-refractivity contribution in [3.63, 3.8) is 0 Å². The average Bonchev–Trinajstić information content (AvgIpc) is 2.68. The van der Waals surface area contributed by atoms with Crippen LogP contribution in [0.1, 0.15) is 39.0 Å². The van der Waals surface area contributed by atoms with Crippen LogP contribution < -0.4 is 5.73 Å². The Bertz CT molecular complexity index is 627. The van der Waals surface area contributed by atoms with Crippen LogP contribution in [-0.4, -0.2) is 24.5 Å². The molecule has 0 amide bonds. The molecule has 4 aliphatic rings. The molecule has 3 fully saturated rings. The lowest BCUT2D eigenvalue weighted by Crippen LogP contribution is -2.42. The number of nitrogens with zero attached hydrogens (tertiary/aromatic N) is 3. The van der Waals surface area contributed by atoms with Gasteiger partial charge in [-0.3, -0.25) is 0 Å². The van der Waals surface area contributed by atoms with E-state index in [4.69, 9.17) is 15.2 Å². The lowest BCUT2D eigenvalue weighted by atomic mass is 9.76. The molecule has 0 aromatic heterocycles. The molecular formula is C15H18N4O2. The zero-order valence-corrected chi connectivity index (χ0v) is 12.1. The van der Waals surface area contributed by atoms with Gasteiger partial charge in [0.15, 0.2) is 5.41 Å². The summed E-state index contributed by atoms with van der Waals surface area (Å²) in [4.78, 5) is 4.34. The third kappa shape index (κ3) is 0.994. The van der Waals surface area contributed by atoms with Crippen molar-refractivity contribution in [2.24, 2.45) is 27.0 Å². The first kappa shape index (κ1) is 13.1. The first-order valence-electron chi connectivity index (χ1n) is 7.56. The third-order valence-corrected chi connectivity index (χ3v) is 5.98. The Labute approximate surface area is 123 Å². The summed E-state index contributed by atoms with van der Waals surface area (Å²) in [5, 5.41) is 19.9. The minimum Gasteiger partial charge on any atom is -0.386 e. The van der Waals surface area contributed by atoms with Crippen LogP contribution in [0.15, 0.2) is 4.99 Å². The molecule has 6 heteroatoms. The monoisotopic (exact) mass is 286 g/mol. The number of hydrogen-bond donors (Lipinski definition) is 1. The van der Waals surface area contributed by atoms with Crippen molar-refractivity contribution in [2.45, 2.75) is 51.0 Å². The molecule has 0 radical (unpaired) electrons. The van der Waals surface area contributed by atoms with Crippen LogP contribution in [0.5, 0.6) is 0 Å². The molecule has 2 saturated carbocycles. The van der Waals surface area contributed by atoms with Crippen molar-refractivity contribution in [2.75, 3.05) is 6.61 Å². The van der Waals surface area contributed by atoms with Gasteiger partial charge in [0.25, 0.3) is 5.91 Å². The van der Waals surface area contributed by atoms with Gasteiger partial charge in [0.1, 0.15) is 11.3 Å². The van der Waals surface area contributed by atoms with Crippen LogP contribution in [-0.2, 0) is 9.47 Å². The van der Waals surface area contributed by atoms with Crippen LogP contribution in [0, 0.1) is 38.9 Å². The highest BCUT2D eigenvalue weighted by Gasteiger charge is 3.00. The highest BCUT2D eigenvalue weighted by atomic mass is 16.8. The zero-order chi connectivity index (χ0) is 14.9. The van der Waals surface area contributed by atoms with Gasteiger partial charge in [-0.15, -0.1) is 0 Å². The van der Waals surface area contributed by atoms with E-state index in [-0.39, 0.29) is 11.9 Å². The van der Waals surface area contributed by atoms with Crippen LogP contribution >= 0.6 is 0 Å². The molecule has 2 spiro atoms. The predicted octanol–water partition coefficient (Wildman–Crippen LogP) is 1.43. The minimum atomic E-state index is -1.38. The fourth-order valence-corrected chi connectivity index (χ4v) is 5.24. The summed E-state index contributed by atoms with van der Waals surface area (Å²) in [6, 6.07) is 4.73. The van der Waals surface area contributed by atoms with E-state index in [1.807, 2.05) is 6.92 Å². The molecule has 21 heavy (non-hydrogen) atoms. The Hall–Kier alpha value is -1.63. The van der Waals surface area contributed by atoms with Gasteiger partial charge >= 0.3 is 0 Å². The molecule has 0 bridgehead atoms. The summed E-state index contributed by atoms with van der Waals surface area (Å²) in [6.45, 7) is 2.26. The zero-order valence-electron chi connectivity index (χ0n) is 12.1. The van der Waals surface area contributed by atoms with Crippen LogP contribution in [0.2, 0.25) is 0 Å². The number of amidine groups is 1. The summed E-state index contributed by atoms with van der Waals surface area (Å²) in [7, 11) is 0. The van der Waals surface area contributed by atoms with Crippen molar-refractivity contribution in [3.05, 3.63) is 0 Å². The Balaban J connectivity index is 1.93. The normalized spacial score (nSPS) is 49.5. The summed E-state index contributed by atoms with van der Waals surface area (Å²) < 4.78 is 11.7. The van der Waals surface area contributed by atoms with Crippen molar-refractivity contribution >= 4 is 5.84 Å². The highest BCUT2D eigenvalue weighted by Crippen LogP contribution is 2.89. The smallest absolute Gasteiger partial charge is 0.293 e. The number of rotatable bonds is 0. The van der Waals surface area contributed by atoms with Gasteiger partial charge in [-0.2, -0.15) is 10.5 Å². The molecule has 4 atom stereocenters. The number of aliphatic imine (C=N–C) groups is 1. The molecule has 6 nitrogen and oxygen atoms in total. The van der Waals surface area contributed by atoms with E-state index in [9.17, 15) is 10.5 Å². The van der Waals surface area contributed by atoms with Crippen molar-refractivity contribution in [1.29, 1.82) is 10.5 Å². The van der Waals surface area contributed by atoms with E-state index in [0.29, 0.717) is 6.61 Å². The van der Waals surface area contributed by atoms with Gasteiger partial charge in [0, 0.05) is 5.41 Å². The summed E-state index contributed by atoms with van der Waals surface area (Å²) >= 11 is 0. The summed E-state index contributed by atoms with van der Waals surface area (Å²) in [5.41, 5.74) is 3.56. The van der Waals surface area contributed by atoms with Gasteiger partial charge in [-0.25, -0.2) is 4.99 Å². The second kappa shape index (κ2) is 3.58. The maximum absolute atomic E-state index is 10.0. The molecule has 0 aromatic rings. The molecule has 2 N–H and O–H groups in total. The fourth-order valence-electron chi connectivity index (χ4n) is 5.24. The van der Waals surface area contributed by atoms with Gasteiger partial charge in [0.05, 0.1) is 24.8 Å². The Morgan fingerprint density at radius 1 is 1.24 bits per heavy atom. The van der Waals surface area contributed by atoms with Crippen LogP contribution in [0.3, 0.4) is 0 Å². The van der Waals surface area contributed by atoms with E-state index in [1.54, 1.807) is 0 Å². The molecular weight excluding hydrogens is 268 g/mol. The lowest BCUT2D eigenvalue weighted by Gasteiger charge is -2.33. The van der Waals surface area contributed by atoms with E-state index >= 15 is 0 Å². The third-order valence-electron chi connectivity index (χ3n) is 5.98. The van der Waals surface area contributed by atoms with Crippen molar-refractivity contribution < 1.29 is 9.47 Å². The second-order valence-electron chi connectivity index (χ2n) is 6.68. The first-order valence-corrected chi connectivity index (χ1v) is 7.56.